The van der Waals surface area contributed by atoms with Crippen molar-refractivity contribution in [3.63, 3.8) is 0 Å². The van der Waals surface area contributed by atoms with Gasteiger partial charge in [0.1, 0.15) is 6.61 Å². The van der Waals surface area contributed by atoms with Crippen LogP contribution in [0.4, 0.5) is 0 Å². The number of piperidine rings is 1. The fourth-order valence-electron chi connectivity index (χ4n) is 1.53. The first-order valence-electron chi connectivity index (χ1n) is 5.61. The number of carbonyl (C=O) groups is 1. The van der Waals surface area contributed by atoms with Crippen LogP contribution in [-0.4, -0.2) is 37.2 Å². The smallest absolute Gasteiger partial charge is 0.246 e. The van der Waals surface area contributed by atoms with Gasteiger partial charge in [-0.3, -0.25) is 4.79 Å². The van der Waals surface area contributed by atoms with Gasteiger partial charge in [-0.2, -0.15) is 0 Å². The average molecular weight is 214 g/mol. The third kappa shape index (κ3) is 5.74. The number of nitrogens with one attached hydrogen (secondary N) is 2. The summed E-state index contributed by atoms with van der Waals surface area (Å²) in [5.41, 5.74) is -0.248. The largest absolute Gasteiger partial charge is 0.366 e. The van der Waals surface area contributed by atoms with E-state index in [1.54, 1.807) is 0 Å². The molecule has 0 aliphatic carbocycles. The molecule has 4 nitrogen and oxygen atoms in total. The molecule has 1 aliphatic heterocycles. The molecule has 0 aromatic carbocycles. The minimum Gasteiger partial charge on any atom is -0.366 e. The first kappa shape index (κ1) is 12.5. The molecule has 0 saturated carbocycles. The lowest BCUT2D eigenvalue weighted by Gasteiger charge is -2.25. The van der Waals surface area contributed by atoms with Gasteiger partial charge < -0.3 is 15.4 Å². The van der Waals surface area contributed by atoms with Gasteiger partial charge >= 0.3 is 0 Å². The van der Waals surface area contributed by atoms with E-state index in [9.17, 15) is 4.79 Å². The summed E-state index contributed by atoms with van der Waals surface area (Å²) in [6.07, 6.45) is 2.19. The number of hydrogen-bond acceptors (Lipinski definition) is 3. The second-order valence-corrected chi connectivity index (χ2v) is 5.01. The zero-order valence-electron chi connectivity index (χ0n) is 9.93. The topological polar surface area (TPSA) is 50.4 Å². The fourth-order valence-corrected chi connectivity index (χ4v) is 1.53. The second-order valence-electron chi connectivity index (χ2n) is 5.01. The fraction of sp³-hybridized carbons (Fsp3) is 0.909. The molecule has 1 heterocycles. The Labute approximate surface area is 91.8 Å². The summed E-state index contributed by atoms with van der Waals surface area (Å²) in [5.74, 6) is -0.0152. The Bertz CT molecular complexity index is 205. The predicted octanol–water partition coefficient (Wildman–Crippen LogP) is 0.670. The molecule has 1 saturated heterocycles. The van der Waals surface area contributed by atoms with Crippen molar-refractivity contribution in [3.05, 3.63) is 0 Å². The molecule has 0 spiro atoms. The van der Waals surface area contributed by atoms with E-state index in [4.69, 9.17) is 4.74 Å². The van der Waals surface area contributed by atoms with E-state index < -0.39 is 0 Å². The van der Waals surface area contributed by atoms with Crippen molar-refractivity contribution >= 4 is 5.91 Å². The molecule has 0 bridgehead atoms. The molecular formula is C11H22N2O2. The molecule has 1 amide bonds. The van der Waals surface area contributed by atoms with Crippen molar-refractivity contribution in [3.8, 4) is 0 Å². The van der Waals surface area contributed by atoms with Crippen molar-refractivity contribution in [1.29, 1.82) is 0 Å². The van der Waals surface area contributed by atoms with Gasteiger partial charge in [0.05, 0.1) is 5.60 Å². The van der Waals surface area contributed by atoms with Crippen LogP contribution in [0.15, 0.2) is 0 Å². The molecule has 0 aromatic heterocycles. The molecule has 2 N–H and O–H groups in total. The van der Waals surface area contributed by atoms with E-state index in [0.29, 0.717) is 0 Å². The molecule has 15 heavy (non-hydrogen) atoms. The summed E-state index contributed by atoms with van der Waals surface area (Å²) in [6, 6.07) is 0.273. The lowest BCUT2D eigenvalue weighted by molar-refractivity contribution is -0.131. The van der Waals surface area contributed by atoms with Crippen LogP contribution >= 0.6 is 0 Å². The van der Waals surface area contributed by atoms with Gasteiger partial charge in [-0.25, -0.2) is 0 Å². The van der Waals surface area contributed by atoms with Gasteiger partial charge in [0.2, 0.25) is 5.91 Å². The number of rotatable bonds is 3. The first-order chi connectivity index (χ1) is 6.97. The third-order valence-electron chi connectivity index (χ3n) is 2.30. The number of carbonyl (C=O) groups excluding carboxylic acids is 1. The van der Waals surface area contributed by atoms with E-state index in [0.717, 1.165) is 25.9 Å². The Balaban J connectivity index is 2.17. The maximum absolute atomic E-state index is 11.5. The van der Waals surface area contributed by atoms with Crippen LogP contribution in [0.1, 0.15) is 33.6 Å². The van der Waals surface area contributed by atoms with Crippen molar-refractivity contribution in [1.82, 2.24) is 10.6 Å². The van der Waals surface area contributed by atoms with E-state index >= 15 is 0 Å². The van der Waals surface area contributed by atoms with Gasteiger partial charge in [0.15, 0.2) is 0 Å². The molecule has 0 radical (unpaired) electrons. The van der Waals surface area contributed by atoms with Gasteiger partial charge in [0, 0.05) is 12.6 Å². The molecule has 0 unspecified atom stereocenters. The number of ether oxygens (including phenoxy) is 1. The minimum absolute atomic E-state index is 0.0152. The second kappa shape index (κ2) is 5.47. The Kier molecular flexibility index (Phi) is 4.54. The highest BCUT2D eigenvalue weighted by molar-refractivity contribution is 5.77. The molecular weight excluding hydrogens is 192 g/mol. The molecule has 1 rings (SSSR count). The predicted molar refractivity (Wildman–Crippen MR) is 59.7 cm³/mol. The molecule has 4 heteroatoms. The standard InChI is InChI=1S/C11H22N2O2/c1-11(2,3)15-8-10(14)13-9-5-4-6-12-7-9/h9,12H,4-8H2,1-3H3,(H,13,14)/t9-/m0/s1. The van der Waals surface area contributed by atoms with Crippen LogP contribution in [0.25, 0.3) is 0 Å². The van der Waals surface area contributed by atoms with Crippen molar-refractivity contribution in [2.75, 3.05) is 19.7 Å². The normalized spacial score (nSPS) is 22.5. The Morgan fingerprint density at radius 2 is 2.27 bits per heavy atom. The quantitative estimate of drug-likeness (QED) is 0.726. The molecule has 1 aliphatic rings. The van der Waals surface area contributed by atoms with E-state index in [1.807, 2.05) is 20.8 Å². The average Bonchev–Trinajstić information content (AvgIpc) is 2.15. The lowest BCUT2D eigenvalue weighted by Crippen LogP contribution is -2.47. The van der Waals surface area contributed by atoms with Gasteiger partial charge in [-0.05, 0) is 40.2 Å². The van der Waals surface area contributed by atoms with Gasteiger partial charge in [-0.15, -0.1) is 0 Å². The SMILES string of the molecule is CC(C)(C)OCC(=O)N[C@H]1CCCNC1. The highest BCUT2D eigenvalue weighted by atomic mass is 16.5. The molecule has 1 atom stereocenters. The molecule has 1 fully saturated rings. The summed E-state index contributed by atoms with van der Waals surface area (Å²) in [5, 5.41) is 6.22. The van der Waals surface area contributed by atoms with Crippen LogP contribution in [0.3, 0.4) is 0 Å². The van der Waals surface area contributed by atoms with Crippen LogP contribution in [0, 0.1) is 0 Å². The number of hydrogen-bond donors (Lipinski definition) is 2. The third-order valence-corrected chi connectivity index (χ3v) is 2.30. The Morgan fingerprint density at radius 3 is 2.80 bits per heavy atom. The highest BCUT2D eigenvalue weighted by Gasteiger charge is 2.17. The monoisotopic (exact) mass is 214 g/mol. The van der Waals surface area contributed by atoms with Crippen molar-refractivity contribution in [2.45, 2.75) is 45.3 Å². The summed E-state index contributed by atoms with van der Waals surface area (Å²) >= 11 is 0. The summed E-state index contributed by atoms with van der Waals surface area (Å²) in [4.78, 5) is 11.5. The maximum atomic E-state index is 11.5. The zero-order valence-corrected chi connectivity index (χ0v) is 9.93. The maximum Gasteiger partial charge on any atom is 0.246 e. The van der Waals surface area contributed by atoms with Crippen LogP contribution < -0.4 is 10.6 Å². The van der Waals surface area contributed by atoms with E-state index in [2.05, 4.69) is 10.6 Å². The lowest BCUT2D eigenvalue weighted by atomic mass is 10.1. The van der Waals surface area contributed by atoms with E-state index in [1.165, 1.54) is 0 Å². The van der Waals surface area contributed by atoms with Crippen LogP contribution in [-0.2, 0) is 9.53 Å². The summed E-state index contributed by atoms with van der Waals surface area (Å²) in [6.45, 7) is 7.93. The van der Waals surface area contributed by atoms with Gasteiger partial charge in [0.25, 0.3) is 0 Å². The summed E-state index contributed by atoms with van der Waals surface area (Å²) in [7, 11) is 0. The Hall–Kier alpha value is -0.610. The molecule has 0 aromatic rings. The van der Waals surface area contributed by atoms with Crippen molar-refractivity contribution in [2.24, 2.45) is 0 Å². The van der Waals surface area contributed by atoms with E-state index in [-0.39, 0.29) is 24.2 Å². The van der Waals surface area contributed by atoms with Crippen molar-refractivity contribution < 1.29 is 9.53 Å². The van der Waals surface area contributed by atoms with Crippen LogP contribution in [0.2, 0.25) is 0 Å². The zero-order chi connectivity index (χ0) is 11.3. The summed E-state index contributed by atoms with van der Waals surface area (Å²) < 4.78 is 5.40. The van der Waals surface area contributed by atoms with Gasteiger partial charge in [-0.1, -0.05) is 0 Å². The number of amides is 1. The Morgan fingerprint density at radius 1 is 1.53 bits per heavy atom. The first-order valence-corrected chi connectivity index (χ1v) is 5.61. The minimum atomic E-state index is -0.248. The van der Waals surface area contributed by atoms with Crippen LogP contribution in [0.5, 0.6) is 0 Å². The molecule has 88 valence electrons. The highest BCUT2D eigenvalue weighted by Crippen LogP contribution is 2.06.